The van der Waals surface area contributed by atoms with Crippen LogP contribution in [0.15, 0.2) is 18.2 Å². The van der Waals surface area contributed by atoms with Crippen LogP contribution in [0, 0.1) is 0 Å². The summed E-state index contributed by atoms with van der Waals surface area (Å²) in [4.78, 5) is 2.23. The van der Waals surface area contributed by atoms with Gasteiger partial charge in [0.05, 0.1) is 5.88 Å². The van der Waals surface area contributed by atoms with Crippen LogP contribution >= 0.6 is 23.2 Å². The highest BCUT2D eigenvalue weighted by molar-refractivity contribution is 6.32. The van der Waals surface area contributed by atoms with Crippen LogP contribution in [0.5, 0.6) is 0 Å². The molecule has 0 aliphatic carbocycles. The van der Waals surface area contributed by atoms with Crippen LogP contribution in [-0.2, 0) is 5.88 Å². The van der Waals surface area contributed by atoms with Crippen LogP contribution in [-0.4, -0.2) is 13.1 Å². The van der Waals surface area contributed by atoms with Gasteiger partial charge in [0.25, 0.3) is 0 Å². The monoisotopic (exact) mass is 245 g/mol. The van der Waals surface area contributed by atoms with Gasteiger partial charge in [0, 0.05) is 29.4 Å². The van der Waals surface area contributed by atoms with E-state index in [0.717, 1.165) is 22.7 Å². The first-order valence-corrected chi connectivity index (χ1v) is 6.09. The third-order valence-electron chi connectivity index (χ3n) is 2.86. The van der Waals surface area contributed by atoms with E-state index in [1.54, 1.807) is 0 Å². The third kappa shape index (κ3) is 2.79. The highest BCUT2D eigenvalue weighted by Crippen LogP contribution is 2.29. The van der Waals surface area contributed by atoms with Gasteiger partial charge in [-0.1, -0.05) is 24.6 Å². The second-order valence-electron chi connectivity index (χ2n) is 3.74. The van der Waals surface area contributed by atoms with E-state index in [1.807, 2.05) is 12.1 Å². The molecule has 1 rings (SSSR count). The summed E-state index contributed by atoms with van der Waals surface area (Å²) in [6.45, 7) is 4.37. The molecule has 0 N–H and O–H groups in total. The van der Waals surface area contributed by atoms with E-state index in [1.165, 1.54) is 0 Å². The molecule has 0 amide bonds. The van der Waals surface area contributed by atoms with Crippen LogP contribution in [0.1, 0.15) is 25.8 Å². The Labute approximate surface area is 102 Å². The molecular formula is C12H17Cl2N. The number of hydrogen-bond donors (Lipinski definition) is 0. The van der Waals surface area contributed by atoms with Crippen molar-refractivity contribution in [3.8, 4) is 0 Å². The Bertz CT molecular complexity index is 325. The molecule has 0 radical (unpaired) electrons. The quantitative estimate of drug-likeness (QED) is 0.715. The van der Waals surface area contributed by atoms with Crippen molar-refractivity contribution in [2.24, 2.45) is 0 Å². The lowest BCUT2D eigenvalue weighted by atomic mass is 10.1. The second-order valence-corrected chi connectivity index (χ2v) is 4.41. The Kier molecular flexibility index (Phi) is 4.75. The van der Waals surface area contributed by atoms with Gasteiger partial charge in [0.1, 0.15) is 0 Å². The topological polar surface area (TPSA) is 3.24 Å². The predicted octanol–water partition coefficient (Wildman–Crippen LogP) is 4.31. The number of benzene rings is 1. The molecule has 84 valence electrons. The van der Waals surface area contributed by atoms with E-state index in [0.29, 0.717) is 11.9 Å². The fourth-order valence-electron chi connectivity index (χ4n) is 1.52. The Balaban J connectivity index is 3.07. The molecule has 0 bridgehead atoms. The molecular weight excluding hydrogens is 229 g/mol. The van der Waals surface area contributed by atoms with Gasteiger partial charge in [-0.3, -0.25) is 0 Å². The van der Waals surface area contributed by atoms with E-state index >= 15 is 0 Å². The first kappa shape index (κ1) is 12.7. The molecule has 3 heteroatoms. The minimum Gasteiger partial charge on any atom is -0.372 e. The summed E-state index contributed by atoms with van der Waals surface area (Å²) in [5, 5.41) is 0.748. The average Bonchev–Trinajstić information content (AvgIpc) is 2.26. The molecule has 0 heterocycles. The summed E-state index contributed by atoms with van der Waals surface area (Å²) in [5.74, 6) is 0.454. The molecule has 1 unspecified atom stereocenters. The third-order valence-corrected chi connectivity index (χ3v) is 3.48. The minimum absolute atomic E-state index is 0.454. The maximum Gasteiger partial charge on any atom is 0.0509 e. The Morgan fingerprint density at radius 2 is 2.07 bits per heavy atom. The van der Waals surface area contributed by atoms with E-state index in [2.05, 4.69) is 31.9 Å². The number of anilines is 1. The second kappa shape index (κ2) is 5.62. The van der Waals surface area contributed by atoms with Crippen LogP contribution in [0.2, 0.25) is 5.02 Å². The zero-order valence-corrected chi connectivity index (χ0v) is 10.9. The van der Waals surface area contributed by atoms with Crippen molar-refractivity contribution in [3.63, 3.8) is 0 Å². The molecule has 0 aromatic heterocycles. The smallest absolute Gasteiger partial charge is 0.0509 e. The van der Waals surface area contributed by atoms with E-state index in [4.69, 9.17) is 23.2 Å². The minimum atomic E-state index is 0.454. The molecule has 0 saturated heterocycles. The summed E-state index contributed by atoms with van der Waals surface area (Å²) in [6.07, 6.45) is 1.10. The zero-order chi connectivity index (χ0) is 11.4. The summed E-state index contributed by atoms with van der Waals surface area (Å²) in [6, 6.07) is 6.40. The fourth-order valence-corrected chi connectivity index (χ4v) is 2.11. The SMILES string of the molecule is CCC(C)N(C)c1cccc(Cl)c1CCl. The van der Waals surface area contributed by atoms with Crippen LogP contribution in [0.25, 0.3) is 0 Å². The molecule has 1 aromatic rings. The number of halogens is 2. The van der Waals surface area contributed by atoms with Crippen molar-refractivity contribution in [3.05, 3.63) is 28.8 Å². The lowest BCUT2D eigenvalue weighted by molar-refractivity contribution is 0.662. The van der Waals surface area contributed by atoms with Gasteiger partial charge in [-0.15, -0.1) is 11.6 Å². The Hall–Kier alpha value is -0.400. The fraction of sp³-hybridized carbons (Fsp3) is 0.500. The van der Waals surface area contributed by atoms with E-state index in [9.17, 15) is 0 Å². The number of rotatable bonds is 4. The van der Waals surface area contributed by atoms with Crippen molar-refractivity contribution in [1.82, 2.24) is 0 Å². The van der Waals surface area contributed by atoms with E-state index < -0.39 is 0 Å². The molecule has 1 atom stereocenters. The van der Waals surface area contributed by atoms with Gasteiger partial charge < -0.3 is 4.90 Å². The number of nitrogens with zero attached hydrogens (tertiary/aromatic N) is 1. The largest absolute Gasteiger partial charge is 0.372 e. The van der Waals surface area contributed by atoms with Gasteiger partial charge in [-0.05, 0) is 25.5 Å². The van der Waals surface area contributed by atoms with Crippen molar-refractivity contribution in [1.29, 1.82) is 0 Å². The van der Waals surface area contributed by atoms with Gasteiger partial charge in [0.15, 0.2) is 0 Å². The van der Waals surface area contributed by atoms with Gasteiger partial charge >= 0.3 is 0 Å². The molecule has 1 aromatic carbocycles. The van der Waals surface area contributed by atoms with E-state index in [-0.39, 0.29) is 0 Å². The standard InChI is InChI=1S/C12H17Cl2N/c1-4-9(2)15(3)12-7-5-6-11(14)10(12)8-13/h5-7,9H,4,8H2,1-3H3. The molecule has 0 saturated carbocycles. The number of alkyl halides is 1. The van der Waals surface area contributed by atoms with Crippen molar-refractivity contribution < 1.29 is 0 Å². The summed E-state index contributed by atoms with van der Waals surface area (Å²) < 4.78 is 0. The normalized spacial score (nSPS) is 12.6. The van der Waals surface area contributed by atoms with Gasteiger partial charge in [0.2, 0.25) is 0 Å². The molecule has 0 aliphatic heterocycles. The first-order valence-electron chi connectivity index (χ1n) is 5.18. The molecule has 1 nitrogen and oxygen atoms in total. The average molecular weight is 246 g/mol. The van der Waals surface area contributed by atoms with Crippen LogP contribution in [0.3, 0.4) is 0 Å². The van der Waals surface area contributed by atoms with Crippen molar-refractivity contribution in [2.75, 3.05) is 11.9 Å². The highest BCUT2D eigenvalue weighted by atomic mass is 35.5. The summed E-state index contributed by atoms with van der Waals surface area (Å²) >= 11 is 12.0. The molecule has 0 spiro atoms. The maximum absolute atomic E-state index is 6.11. The van der Waals surface area contributed by atoms with Crippen LogP contribution in [0.4, 0.5) is 5.69 Å². The van der Waals surface area contributed by atoms with Crippen LogP contribution < -0.4 is 4.90 Å². The zero-order valence-electron chi connectivity index (χ0n) is 9.43. The van der Waals surface area contributed by atoms with Crippen molar-refractivity contribution in [2.45, 2.75) is 32.2 Å². The first-order chi connectivity index (χ1) is 7.11. The maximum atomic E-state index is 6.11. The highest BCUT2D eigenvalue weighted by Gasteiger charge is 2.13. The number of hydrogen-bond acceptors (Lipinski definition) is 1. The summed E-state index contributed by atoms with van der Waals surface area (Å²) in [5.41, 5.74) is 2.15. The Morgan fingerprint density at radius 1 is 1.40 bits per heavy atom. The Morgan fingerprint density at radius 3 is 2.60 bits per heavy atom. The predicted molar refractivity (Wildman–Crippen MR) is 69.2 cm³/mol. The van der Waals surface area contributed by atoms with Crippen molar-refractivity contribution >= 4 is 28.9 Å². The molecule has 0 aliphatic rings. The molecule has 15 heavy (non-hydrogen) atoms. The lowest BCUT2D eigenvalue weighted by Crippen LogP contribution is -2.28. The van der Waals surface area contributed by atoms with Gasteiger partial charge in [-0.25, -0.2) is 0 Å². The summed E-state index contributed by atoms with van der Waals surface area (Å²) in [7, 11) is 2.08. The van der Waals surface area contributed by atoms with Gasteiger partial charge in [-0.2, -0.15) is 0 Å². The molecule has 0 fully saturated rings. The lowest BCUT2D eigenvalue weighted by Gasteiger charge is -2.28.